The summed E-state index contributed by atoms with van der Waals surface area (Å²) in [6.45, 7) is 4.29. The lowest BCUT2D eigenvalue weighted by molar-refractivity contribution is 0.0354. The van der Waals surface area contributed by atoms with Crippen LogP contribution in [0.3, 0.4) is 0 Å². The Hall–Kier alpha value is -1.18. The molecule has 0 atom stereocenters. The van der Waals surface area contributed by atoms with Gasteiger partial charge in [-0.05, 0) is 37.3 Å². The Bertz CT molecular complexity index is 354. The molecule has 1 aromatic carbocycles. The fourth-order valence-electron chi connectivity index (χ4n) is 2.26. The molecule has 0 radical (unpaired) electrons. The molecule has 82 valence electrons. The lowest BCUT2D eigenvalue weighted by atomic mass is 9.86. The van der Waals surface area contributed by atoms with Crippen molar-refractivity contribution in [1.29, 1.82) is 0 Å². The molecule has 0 fully saturated rings. The molecule has 0 aliphatic carbocycles. The van der Waals surface area contributed by atoms with Crippen LogP contribution in [-0.4, -0.2) is 10.7 Å². The van der Waals surface area contributed by atoms with Crippen molar-refractivity contribution in [2.75, 3.05) is 0 Å². The summed E-state index contributed by atoms with van der Waals surface area (Å²) in [5, 5.41) is 9.75. The zero-order valence-corrected chi connectivity index (χ0v) is 9.42. The van der Waals surface area contributed by atoms with Crippen molar-refractivity contribution in [2.24, 2.45) is 0 Å². The molecule has 2 rings (SSSR count). The Morgan fingerprint density at radius 3 is 2.73 bits per heavy atom. The number of hydrogen-bond donors (Lipinski definition) is 1. The first kappa shape index (κ1) is 10.3. The SMILES string of the molecule is CCC1(CC)CCc2cccc(O)c2O1. The monoisotopic (exact) mass is 206 g/mol. The van der Waals surface area contributed by atoms with Crippen molar-refractivity contribution < 1.29 is 9.84 Å². The van der Waals surface area contributed by atoms with Gasteiger partial charge in [-0.15, -0.1) is 0 Å². The predicted octanol–water partition coefficient (Wildman–Crippen LogP) is 3.28. The molecule has 1 N–H and O–H groups in total. The Morgan fingerprint density at radius 1 is 1.33 bits per heavy atom. The molecule has 0 unspecified atom stereocenters. The molecule has 0 saturated carbocycles. The molecule has 0 amide bonds. The van der Waals surface area contributed by atoms with Crippen molar-refractivity contribution >= 4 is 0 Å². The molecule has 1 heterocycles. The van der Waals surface area contributed by atoms with E-state index >= 15 is 0 Å². The first-order chi connectivity index (χ1) is 7.21. The highest BCUT2D eigenvalue weighted by molar-refractivity contribution is 5.47. The van der Waals surface area contributed by atoms with Crippen molar-refractivity contribution in [3.63, 3.8) is 0 Å². The van der Waals surface area contributed by atoms with Crippen molar-refractivity contribution in [3.05, 3.63) is 23.8 Å². The van der Waals surface area contributed by atoms with Crippen LogP contribution < -0.4 is 4.74 Å². The van der Waals surface area contributed by atoms with E-state index in [9.17, 15) is 5.11 Å². The number of aryl methyl sites for hydroxylation is 1. The maximum absolute atomic E-state index is 9.75. The van der Waals surface area contributed by atoms with E-state index in [0.29, 0.717) is 5.75 Å². The van der Waals surface area contributed by atoms with Gasteiger partial charge in [0, 0.05) is 0 Å². The molecule has 0 aromatic heterocycles. The first-order valence-electron chi connectivity index (χ1n) is 5.70. The van der Waals surface area contributed by atoms with E-state index in [1.54, 1.807) is 6.07 Å². The molecule has 2 nitrogen and oxygen atoms in total. The average Bonchev–Trinajstić information content (AvgIpc) is 2.29. The molecule has 15 heavy (non-hydrogen) atoms. The number of ether oxygens (including phenoxy) is 1. The van der Waals surface area contributed by atoms with E-state index in [0.717, 1.165) is 31.2 Å². The number of benzene rings is 1. The van der Waals surface area contributed by atoms with Crippen LogP contribution in [-0.2, 0) is 6.42 Å². The van der Waals surface area contributed by atoms with Crippen LogP contribution in [0.2, 0.25) is 0 Å². The molecular formula is C13H18O2. The highest BCUT2D eigenvalue weighted by atomic mass is 16.5. The first-order valence-corrected chi connectivity index (χ1v) is 5.70. The smallest absolute Gasteiger partial charge is 0.164 e. The Morgan fingerprint density at radius 2 is 2.07 bits per heavy atom. The van der Waals surface area contributed by atoms with Crippen LogP contribution in [0.4, 0.5) is 0 Å². The summed E-state index contributed by atoms with van der Waals surface area (Å²) in [5.74, 6) is 0.978. The van der Waals surface area contributed by atoms with E-state index in [1.165, 1.54) is 0 Å². The van der Waals surface area contributed by atoms with E-state index in [-0.39, 0.29) is 11.4 Å². The van der Waals surface area contributed by atoms with Gasteiger partial charge in [0.05, 0.1) is 0 Å². The number of para-hydroxylation sites is 1. The molecule has 1 aliphatic heterocycles. The van der Waals surface area contributed by atoms with E-state index in [2.05, 4.69) is 13.8 Å². The number of phenolic OH excluding ortho intramolecular Hbond substituents is 1. The zero-order valence-electron chi connectivity index (χ0n) is 9.42. The summed E-state index contributed by atoms with van der Waals surface area (Å²) in [6, 6.07) is 5.60. The number of fused-ring (bicyclic) bond motifs is 1. The molecule has 2 heteroatoms. The largest absolute Gasteiger partial charge is 0.504 e. The summed E-state index contributed by atoms with van der Waals surface area (Å²) in [7, 11) is 0. The van der Waals surface area contributed by atoms with Gasteiger partial charge in [0.25, 0.3) is 0 Å². The minimum atomic E-state index is -0.0637. The molecule has 1 aromatic rings. The van der Waals surface area contributed by atoms with Crippen LogP contribution >= 0.6 is 0 Å². The number of rotatable bonds is 2. The van der Waals surface area contributed by atoms with Gasteiger partial charge in [0.15, 0.2) is 11.5 Å². The van der Waals surface area contributed by atoms with Crippen LogP contribution in [0.25, 0.3) is 0 Å². The predicted molar refractivity (Wildman–Crippen MR) is 60.4 cm³/mol. The van der Waals surface area contributed by atoms with Crippen molar-refractivity contribution in [3.8, 4) is 11.5 Å². The fourth-order valence-corrected chi connectivity index (χ4v) is 2.26. The van der Waals surface area contributed by atoms with Gasteiger partial charge in [-0.25, -0.2) is 0 Å². The van der Waals surface area contributed by atoms with E-state index in [4.69, 9.17) is 4.74 Å². The minimum Gasteiger partial charge on any atom is -0.504 e. The highest BCUT2D eigenvalue weighted by Crippen LogP contribution is 2.41. The molecule has 1 aliphatic rings. The Balaban J connectivity index is 2.36. The molecule has 0 saturated heterocycles. The van der Waals surface area contributed by atoms with Gasteiger partial charge < -0.3 is 9.84 Å². The van der Waals surface area contributed by atoms with Crippen LogP contribution in [0, 0.1) is 0 Å². The minimum absolute atomic E-state index is 0.0637. The summed E-state index contributed by atoms with van der Waals surface area (Å²) in [6.07, 6.45) is 4.05. The third-order valence-corrected chi connectivity index (χ3v) is 3.53. The molecule has 0 bridgehead atoms. The van der Waals surface area contributed by atoms with Gasteiger partial charge in [0.2, 0.25) is 0 Å². The maximum Gasteiger partial charge on any atom is 0.164 e. The Labute approximate surface area is 90.9 Å². The number of hydrogen-bond acceptors (Lipinski definition) is 2. The maximum atomic E-state index is 9.75. The third kappa shape index (κ3) is 1.69. The van der Waals surface area contributed by atoms with E-state index < -0.39 is 0 Å². The molecular weight excluding hydrogens is 188 g/mol. The zero-order chi connectivity index (χ0) is 10.9. The van der Waals surface area contributed by atoms with Gasteiger partial charge in [-0.3, -0.25) is 0 Å². The lowest BCUT2D eigenvalue weighted by Gasteiger charge is -2.37. The van der Waals surface area contributed by atoms with Crippen molar-refractivity contribution in [1.82, 2.24) is 0 Å². The number of phenols is 1. The summed E-state index contributed by atoms with van der Waals surface area (Å²) in [4.78, 5) is 0. The Kier molecular flexibility index (Phi) is 2.59. The topological polar surface area (TPSA) is 29.5 Å². The second kappa shape index (κ2) is 3.76. The van der Waals surface area contributed by atoms with E-state index in [1.807, 2.05) is 12.1 Å². The van der Waals surface area contributed by atoms with Gasteiger partial charge in [-0.2, -0.15) is 0 Å². The number of aromatic hydroxyl groups is 1. The standard InChI is InChI=1S/C13H18O2/c1-3-13(4-2)9-8-10-6-5-7-11(14)12(10)15-13/h5-7,14H,3-4,8-9H2,1-2H3. The molecule has 0 spiro atoms. The summed E-state index contributed by atoms with van der Waals surface area (Å²) < 4.78 is 6.00. The van der Waals surface area contributed by atoms with Crippen LogP contribution in [0.5, 0.6) is 11.5 Å². The third-order valence-electron chi connectivity index (χ3n) is 3.53. The average molecular weight is 206 g/mol. The fraction of sp³-hybridized carbons (Fsp3) is 0.538. The quantitative estimate of drug-likeness (QED) is 0.804. The second-order valence-corrected chi connectivity index (χ2v) is 4.26. The highest BCUT2D eigenvalue weighted by Gasteiger charge is 2.33. The summed E-state index contributed by atoms with van der Waals surface area (Å²) >= 11 is 0. The van der Waals surface area contributed by atoms with Crippen molar-refractivity contribution in [2.45, 2.75) is 45.1 Å². The normalized spacial score (nSPS) is 18.0. The lowest BCUT2D eigenvalue weighted by Crippen LogP contribution is -2.38. The van der Waals surface area contributed by atoms with Gasteiger partial charge in [-0.1, -0.05) is 26.0 Å². The van der Waals surface area contributed by atoms with Crippen LogP contribution in [0.1, 0.15) is 38.7 Å². The summed E-state index contributed by atoms with van der Waals surface area (Å²) in [5.41, 5.74) is 1.07. The second-order valence-electron chi connectivity index (χ2n) is 4.26. The van der Waals surface area contributed by atoms with Gasteiger partial charge >= 0.3 is 0 Å². The van der Waals surface area contributed by atoms with Crippen LogP contribution in [0.15, 0.2) is 18.2 Å². The van der Waals surface area contributed by atoms with Gasteiger partial charge in [0.1, 0.15) is 5.60 Å².